The van der Waals surface area contributed by atoms with Gasteiger partial charge in [-0.2, -0.15) is 0 Å². The fourth-order valence-corrected chi connectivity index (χ4v) is 1.22. The van der Waals surface area contributed by atoms with Gasteiger partial charge in [-0.15, -0.1) is 5.10 Å². The maximum absolute atomic E-state index is 13.4. The lowest BCUT2D eigenvalue weighted by Crippen LogP contribution is -1.95. The van der Waals surface area contributed by atoms with Gasteiger partial charge in [-0.3, -0.25) is 0 Å². The van der Waals surface area contributed by atoms with E-state index in [1.807, 2.05) is 6.92 Å². The van der Waals surface area contributed by atoms with Crippen LogP contribution in [0.2, 0.25) is 0 Å². The van der Waals surface area contributed by atoms with Gasteiger partial charge in [-0.25, -0.2) is 4.39 Å². The molecule has 1 heterocycles. The highest BCUT2D eigenvalue weighted by Gasteiger charge is 2.07. The first-order chi connectivity index (χ1) is 7.69. The molecule has 6 heteroatoms. The van der Waals surface area contributed by atoms with Gasteiger partial charge in [0, 0.05) is 0 Å². The number of hydrogen-bond acceptors (Lipinski definition) is 5. The van der Waals surface area contributed by atoms with E-state index in [-0.39, 0.29) is 24.1 Å². The number of nitrogens with two attached hydrogens (primary N) is 1. The average molecular weight is 222 g/mol. The molecule has 0 aliphatic carbocycles. The highest BCUT2D eigenvalue weighted by molar-refractivity contribution is 5.53. The summed E-state index contributed by atoms with van der Waals surface area (Å²) in [6.45, 7) is 1.97. The second kappa shape index (κ2) is 4.28. The summed E-state index contributed by atoms with van der Waals surface area (Å²) in [6.07, 6.45) is 0. The Bertz CT molecular complexity index is 497. The minimum absolute atomic E-state index is 0.128. The van der Waals surface area contributed by atoms with Gasteiger partial charge in [0.15, 0.2) is 0 Å². The number of nitrogens with zero attached hydrogens (tertiary/aromatic N) is 2. The molecule has 0 fully saturated rings. The standard InChI is InChI=1S/C10H11FN4O/c1-6-2-3-8(7(11)4-6)13-10-15-14-9(5-12)16-10/h2-4H,5,12H2,1H3,(H,13,15). The zero-order valence-corrected chi connectivity index (χ0v) is 8.70. The Morgan fingerprint density at radius 3 is 2.88 bits per heavy atom. The van der Waals surface area contributed by atoms with Crippen molar-refractivity contribution in [3.63, 3.8) is 0 Å². The molecule has 0 atom stereocenters. The highest BCUT2D eigenvalue weighted by atomic mass is 19.1. The van der Waals surface area contributed by atoms with Crippen molar-refractivity contribution >= 4 is 11.7 Å². The molecule has 16 heavy (non-hydrogen) atoms. The number of nitrogens with one attached hydrogen (secondary N) is 1. The number of hydrogen-bond donors (Lipinski definition) is 2. The Morgan fingerprint density at radius 1 is 1.44 bits per heavy atom. The molecule has 0 aliphatic heterocycles. The first-order valence-corrected chi connectivity index (χ1v) is 4.74. The maximum Gasteiger partial charge on any atom is 0.320 e. The normalized spacial score (nSPS) is 10.4. The summed E-state index contributed by atoms with van der Waals surface area (Å²) < 4.78 is 18.5. The molecule has 0 amide bonds. The third kappa shape index (κ3) is 2.17. The van der Waals surface area contributed by atoms with Crippen LogP contribution in [0, 0.1) is 12.7 Å². The molecule has 0 bridgehead atoms. The molecule has 0 spiro atoms. The minimum atomic E-state index is -0.368. The molecule has 0 saturated heterocycles. The summed E-state index contributed by atoms with van der Waals surface area (Å²) in [6, 6.07) is 4.94. The summed E-state index contributed by atoms with van der Waals surface area (Å²) in [5.41, 5.74) is 6.44. The van der Waals surface area contributed by atoms with Crippen molar-refractivity contribution in [1.82, 2.24) is 10.2 Å². The van der Waals surface area contributed by atoms with E-state index in [1.165, 1.54) is 6.07 Å². The van der Waals surface area contributed by atoms with Crippen LogP contribution < -0.4 is 11.1 Å². The van der Waals surface area contributed by atoms with E-state index in [9.17, 15) is 4.39 Å². The lowest BCUT2D eigenvalue weighted by atomic mass is 10.2. The molecule has 2 rings (SSSR count). The molecule has 0 radical (unpaired) electrons. The second-order valence-electron chi connectivity index (χ2n) is 3.31. The largest absolute Gasteiger partial charge is 0.406 e. The van der Waals surface area contributed by atoms with Crippen LogP contribution in [-0.4, -0.2) is 10.2 Å². The first kappa shape index (κ1) is 10.6. The lowest BCUT2D eigenvalue weighted by molar-refractivity contribution is 0.510. The van der Waals surface area contributed by atoms with Crippen LogP contribution in [0.4, 0.5) is 16.1 Å². The van der Waals surface area contributed by atoms with Crippen LogP contribution in [0.3, 0.4) is 0 Å². The van der Waals surface area contributed by atoms with Crippen molar-refractivity contribution in [2.75, 3.05) is 5.32 Å². The molecule has 84 valence electrons. The molecule has 0 unspecified atom stereocenters. The van der Waals surface area contributed by atoms with E-state index in [4.69, 9.17) is 10.2 Å². The summed E-state index contributed by atoms with van der Waals surface area (Å²) in [5, 5.41) is 10.0. The van der Waals surface area contributed by atoms with Crippen LogP contribution in [-0.2, 0) is 6.54 Å². The van der Waals surface area contributed by atoms with E-state index in [1.54, 1.807) is 12.1 Å². The Balaban J connectivity index is 2.20. The molecular formula is C10H11FN4O. The van der Waals surface area contributed by atoms with E-state index in [2.05, 4.69) is 15.5 Å². The summed E-state index contributed by atoms with van der Waals surface area (Å²) in [4.78, 5) is 0. The van der Waals surface area contributed by atoms with Crippen molar-refractivity contribution in [2.24, 2.45) is 5.73 Å². The number of aryl methyl sites for hydroxylation is 1. The van der Waals surface area contributed by atoms with Gasteiger partial charge in [0.05, 0.1) is 12.2 Å². The smallest absolute Gasteiger partial charge is 0.320 e. The summed E-state index contributed by atoms with van der Waals surface area (Å²) >= 11 is 0. The van der Waals surface area contributed by atoms with Crippen LogP contribution in [0.1, 0.15) is 11.5 Å². The number of anilines is 2. The number of aromatic nitrogens is 2. The van der Waals surface area contributed by atoms with Gasteiger partial charge >= 0.3 is 6.01 Å². The minimum Gasteiger partial charge on any atom is -0.406 e. The van der Waals surface area contributed by atoms with Crippen LogP contribution in [0.15, 0.2) is 22.6 Å². The Morgan fingerprint density at radius 2 is 2.25 bits per heavy atom. The molecule has 3 N–H and O–H groups in total. The zero-order chi connectivity index (χ0) is 11.5. The van der Waals surface area contributed by atoms with E-state index in [0.29, 0.717) is 5.89 Å². The lowest BCUT2D eigenvalue weighted by Gasteiger charge is -2.03. The van der Waals surface area contributed by atoms with E-state index < -0.39 is 0 Å². The molecule has 5 nitrogen and oxygen atoms in total. The van der Waals surface area contributed by atoms with E-state index in [0.717, 1.165) is 5.56 Å². The summed E-state index contributed by atoms with van der Waals surface area (Å²) in [5.74, 6) is -0.0671. The van der Waals surface area contributed by atoms with Crippen molar-refractivity contribution in [2.45, 2.75) is 13.5 Å². The number of benzene rings is 1. The third-order valence-electron chi connectivity index (χ3n) is 2.01. The fourth-order valence-electron chi connectivity index (χ4n) is 1.22. The van der Waals surface area contributed by atoms with Crippen LogP contribution in [0.25, 0.3) is 0 Å². The second-order valence-corrected chi connectivity index (χ2v) is 3.31. The Kier molecular flexibility index (Phi) is 2.82. The third-order valence-corrected chi connectivity index (χ3v) is 2.01. The predicted molar refractivity (Wildman–Crippen MR) is 56.6 cm³/mol. The molecule has 0 aliphatic rings. The van der Waals surface area contributed by atoms with Crippen LogP contribution in [0.5, 0.6) is 0 Å². The average Bonchev–Trinajstić information content (AvgIpc) is 2.70. The first-order valence-electron chi connectivity index (χ1n) is 4.74. The maximum atomic E-state index is 13.4. The van der Waals surface area contributed by atoms with E-state index >= 15 is 0 Å². The molecular weight excluding hydrogens is 211 g/mol. The Hall–Kier alpha value is -1.95. The molecule has 1 aromatic heterocycles. The zero-order valence-electron chi connectivity index (χ0n) is 8.70. The van der Waals surface area contributed by atoms with Gasteiger partial charge in [0.25, 0.3) is 0 Å². The monoisotopic (exact) mass is 222 g/mol. The fraction of sp³-hybridized carbons (Fsp3) is 0.200. The molecule has 1 aromatic carbocycles. The van der Waals surface area contributed by atoms with Crippen molar-refractivity contribution in [3.8, 4) is 0 Å². The quantitative estimate of drug-likeness (QED) is 0.826. The van der Waals surface area contributed by atoms with Crippen molar-refractivity contribution in [3.05, 3.63) is 35.5 Å². The highest BCUT2D eigenvalue weighted by Crippen LogP contribution is 2.19. The molecule has 0 saturated carbocycles. The summed E-state index contributed by atoms with van der Waals surface area (Å²) in [7, 11) is 0. The number of halogens is 1. The van der Waals surface area contributed by atoms with Crippen molar-refractivity contribution < 1.29 is 8.81 Å². The van der Waals surface area contributed by atoms with Gasteiger partial charge in [0.2, 0.25) is 5.89 Å². The Labute approximate surface area is 91.5 Å². The van der Waals surface area contributed by atoms with Gasteiger partial charge in [0.1, 0.15) is 5.82 Å². The number of rotatable bonds is 3. The van der Waals surface area contributed by atoms with Gasteiger partial charge < -0.3 is 15.5 Å². The van der Waals surface area contributed by atoms with Gasteiger partial charge in [-0.1, -0.05) is 11.2 Å². The topological polar surface area (TPSA) is 77.0 Å². The molecule has 2 aromatic rings. The predicted octanol–water partition coefficient (Wildman–Crippen LogP) is 1.72. The van der Waals surface area contributed by atoms with Crippen LogP contribution >= 0.6 is 0 Å². The van der Waals surface area contributed by atoms with Crippen molar-refractivity contribution in [1.29, 1.82) is 0 Å². The SMILES string of the molecule is Cc1ccc(Nc2nnc(CN)o2)c(F)c1. The van der Waals surface area contributed by atoms with Gasteiger partial charge in [-0.05, 0) is 24.6 Å².